The van der Waals surface area contributed by atoms with Gasteiger partial charge in [-0.1, -0.05) is 77.0 Å². The van der Waals surface area contributed by atoms with Gasteiger partial charge in [0.1, 0.15) is 24.8 Å². The van der Waals surface area contributed by atoms with Crippen molar-refractivity contribution >= 4 is 0 Å². The van der Waals surface area contributed by atoms with Crippen LogP contribution in [-0.2, 0) is 27.2 Å². The molecular formula is C26H48I2N4. The molecule has 0 fully saturated rings. The molecule has 0 unspecified atom stereocenters. The molecule has 6 heteroatoms. The molecule has 2 heterocycles. The fraction of sp³-hybridized carbons (Fsp3) is 0.769. The minimum absolute atomic E-state index is 0. The van der Waals surface area contributed by atoms with Crippen LogP contribution in [-0.4, -0.2) is 9.13 Å². The van der Waals surface area contributed by atoms with Crippen molar-refractivity contribution in [1.82, 2.24) is 9.13 Å². The molecule has 0 aliphatic carbocycles. The molecule has 2 rings (SSSR count). The second-order valence-electron chi connectivity index (χ2n) is 9.29. The first-order valence-electron chi connectivity index (χ1n) is 12.8. The second kappa shape index (κ2) is 21.4. The molecule has 0 bridgehead atoms. The van der Waals surface area contributed by atoms with Crippen LogP contribution < -0.4 is 57.1 Å². The van der Waals surface area contributed by atoms with Gasteiger partial charge in [-0.05, 0) is 25.7 Å². The molecule has 2 aromatic rings. The maximum atomic E-state index is 2.30. The summed E-state index contributed by atoms with van der Waals surface area (Å²) in [5, 5.41) is 0. The molecule has 0 radical (unpaired) electrons. The predicted octanol–water partition coefficient (Wildman–Crippen LogP) is -0.112. The minimum Gasteiger partial charge on any atom is -1.00 e. The van der Waals surface area contributed by atoms with E-state index >= 15 is 0 Å². The molecule has 0 N–H and O–H groups in total. The SMILES string of the molecule is C[n+]1ccn(CCCCCCCCCCCCCCCCCCn2cc[n+](C)c2)c1.[I-].[I-]. The van der Waals surface area contributed by atoms with Crippen LogP contribution >= 0.6 is 0 Å². The number of unbranched alkanes of at least 4 members (excludes halogenated alkanes) is 15. The summed E-state index contributed by atoms with van der Waals surface area (Å²) in [4.78, 5) is 0. The summed E-state index contributed by atoms with van der Waals surface area (Å²) in [6.45, 7) is 2.35. The van der Waals surface area contributed by atoms with Crippen LogP contribution in [0.5, 0.6) is 0 Å². The summed E-state index contributed by atoms with van der Waals surface area (Å²) in [7, 11) is 4.18. The average molecular weight is 671 g/mol. The van der Waals surface area contributed by atoms with Crippen molar-refractivity contribution < 1.29 is 57.1 Å². The van der Waals surface area contributed by atoms with Crippen LogP contribution in [0.3, 0.4) is 0 Å². The Hall–Kier alpha value is -0.120. The molecule has 4 nitrogen and oxygen atoms in total. The van der Waals surface area contributed by atoms with E-state index in [4.69, 9.17) is 0 Å². The summed E-state index contributed by atoms with van der Waals surface area (Å²) in [5.41, 5.74) is 0. The van der Waals surface area contributed by atoms with Crippen molar-refractivity contribution in [2.75, 3.05) is 0 Å². The van der Waals surface area contributed by atoms with Gasteiger partial charge in [0.25, 0.3) is 0 Å². The number of aromatic nitrogens is 4. The zero-order valence-corrected chi connectivity index (χ0v) is 25.1. The van der Waals surface area contributed by atoms with Gasteiger partial charge in [0, 0.05) is 0 Å². The molecule has 32 heavy (non-hydrogen) atoms. The Morgan fingerprint density at radius 3 is 0.906 bits per heavy atom. The van der Waals surface area contributed by atoms with Crippen molar-refractivity contribution in [2.24, 2.45) is 14.1 Å². The van der Waals surface area contributed by atoms with E-state index in [1.54, 1.807) is 0 Å². The highest BCUT2D eigenvalue weighted by molar-refractivity contribution is 4.66. The van der Waals surface area contributed by atoms with Crippen LogP contribution in [0.4, 0.5) is 0 Å². The molecule has 0 saturated carbocycles. The van der Waals surface area contributed by atoms with Crippen LogP contribution in [0.25, 0.3) is 0 Å². The smallest absolute Gasteiger partial charge is 0.243 e. The molecule has 0 saturated heterocycles. The number of rotatable bonds is 19. The summed E-state index contributed by atoms with van der Waals surface area (Å²) >= 11 is 0. The highest BCUT2D eigenvalue weighted by Crippen LogP contribution is 2.14. The van der Waals surface area contributed by atoms with Crippen molar-refractivity contribution in [2.45, 2.75) is 116 Å². The number of hydrogen-bond acceptors (Lipinski definition) is 0. The van der Waals surface area contributed by atoms with Crippen LogP contribution in [0.2, 0.25) is 0 Å². The van der Waals surface area contributed by atoms with E-state index in [1.165, 1.54) is 116 Å². The topological polar surface area (TPSA) is 17.6 Å². The Labute approximate surface area is 232 Å². The summed E-state index contributed by atoms with van der Waals surface area (Å²) < 4.78 is 8.83. The molecule has 0 aromatic carbocycles. The maximum Gasteiger partial charge on any atom is 0.243 e. The average Bonchev–Trinajstić information content (AvgIpc) is 3.34. The van der Waals surface area contributed by atoms with E-state index < -0.39 is 0 Å². The lowest BCUT2D eigenvalue weighted by molar-refractivity contribution is -0.671. The van der Waals surface area contributed by atoms with E-state index in [-0.39, 0.29) is 48.0 Å². The van der Waals surface area contributed by atoms with Crippen LogP contribution in [0, 0.1) is 0 Å². The zero-order valence-electron chi connectivity index (χ0n) is 20.7. The minimum atomic E-state index is 0. The zero-order chi connectivity index (χ0) is 21.3. The largest absolute Gasteiger partial charge is 1.00 e. The number of halogens is 2. The Kier molecular flexibility index (Phi) is 21.3. The maximum absolute atomic E-state index is 2.30. The number of nitrogens with zero attached hydrogens (tertiary/aromatic N) is 4. The fourth-order valence-electron chi connectivity index (χ4n) is 4.33. The van der Waals surface area contributed by atoms with Crippen molar-refractivity contribution in [3.05, 3.63) is 37.4 Å². The quantitative estimate of drug-likeness (QED) is 0.113. The number of aryl methyl sites for hydroxylation is 4. The lowest BCUT2D eigenvalue weighted by atomic mass is 10.0. The van der Waals surface area contributed by atoms with Crippen LogP contribution in [0.15, 0.2) is 37.4 Å². The Balaban J connectivity index is 0.00000480. The Morgan fingerprint density at radius 1 is 0.438 bits per heavy atom. The molecule has 0 amide bonds. The highest BCUT2D eigenvalue weighted by atomic mass is 127. The third-order valence-corrected chi connectivity index (χ3v) is 6.23. The van der Waals surface area contributed by atoms with Gasteiger partial charge in [-0.25, -0.2) is 18.3 Å². The first-order valence-corrected chi connectivity index (χ1v) is 12.8. The monoisotopic (exact) mass is 670 g/mol. The molecule has 0 spiro atoms. The van der Waals surface area contributed by atoms with E-state index in [0.29, 0.717) is 0 Å². The van der Waals surface area contributed by atoms with Gasteiger partial charge in [0.15, 0.2) is 0 Å². The lowest BCUT2D eigenvalue weighted by Crippen LogP contribution is -3.00. The summed E-state index contributed by atoms with van der Waals surface area (Å²) in [6, 6.07) is 0. The first kappa shape index (κ1) is 31.9. The molecule has 2 aromatic heterocycles. The first-order chi connectivity index (χ1) is 14.7. The number of imidazole rings is 2. The van der Waals surface area contributed by atoms with Gasteiger partial charge < -0.3 is 48.0 Å². The van der Waals surface area contributed by atoms with Gasteiger partial charge in [-0.2, -0.15) is 0 Å². The van der Waals surface area contributed by atoms with E-state index in [2.05, 4.69) is 69.8 Å². The van der Waals surface area contributed by atoms with E-state index in [1.807, 2.05) is 0 Å². The second-order valence-corrected chi connectivity index (χ2v) is 9.29. The van der Waals surface area contributed by atoms with Gasteiger partial charge in [-0.3, -0.25) is 0 Å². The van der Waals surface area contributed by atoms with Gasteiger partial charge >= 0.3 is 0 Å². The molecule has 0 atom stereocenters. The normalized spacial score (nSPS) is 10.7. The summed E-state index contributed by atoms with van der Waals surface area (Å²) in [6.07, 6.45) is 35.6. The lowest BCUT2D eigenvalue weighted by Gasteiger charge is -2.03. The Morgan fingerprint density at radius 2 is 0.688 bits per heavy atom. The van der Waals surface area contributed by atoms with Gasteiger partial charge in [0.05, 0.1) is 27.2 Å². The van der Waals surface area contributed by atoms with E-state index in [9.17, 15) is 0 Å². The van der Waals surface area contributed by atoms with Crippen molar-refractivity contribution in [1.29, 1.82) is 0 Å². The van der Waals surface area contributed by atoms with Crippen LogP contribution in [0.1, 0.15) is 103 Å². The third-order valence-electron chi connectivity index (χ3n) is 6.23. The van der Waals surface area contributed by atoms with Gasteiger partial charge in [0.2, 0.25) is 12.7 Å². The van der Waals surface area contributed by atoms with E-state index in [0.717, 1.165) is 0 Å². The number of hydrogen-bond donors (Lipinski definition) is 0. The fourth-order valence-corrected chi connectivity index (χ4v) is 4.33. The summed E-state index contributed by atoms with van der Waals surface area (Å²) in [5.74, 6) is 0. The molecular weight excluding hydrogens is 622 g/mol. The molecule has 186 valence electrons. The Bertz CT molecular complexity index is 598. The highest BCUT2D eigenvalue weighted by Gasteiger charge is 2.00. The van der Waals surface area contributed by atoms with Crippen molar-refractivity contribution in [3.63, 3.8) is 0 Å². The van der Waals surface area contributed by atoms with Gasteiger partial charge in [-0.15, -0.1) is 0 Å². The predicted molar refractivity (Wildman–Crippen MR) is 125 cm³/mol. The standard InChI is InChI=1S/C26H48N4.2HI/c1-27-21-23-29(25-27)19-17-15-13-11-9-7-5-3-4-6-8-10-12-14-16-18-20-30-24-22-28(2)26-30;;/h21-26H,3-20H2,1-2H3;2*1H/q+2;;/p-2. The van der Waals surface area contributed by atoms with Crippen molar-refractivity contribution in [3.8, 4) is 0 Å². The molecule has 0 aliphatic heterocycles. The molecule has 0 aliphatic rings. The third kappa shape index (κ3) is 16.5.